The van der Waals surface area contributed by atoms with Crippen molar-refractivity contribution >= 4 is 39.7 Å². The van der Waals surface area contributed by atoms with Crippen LogP contribution < -0.4 is 21.5 Å². The molecule has 12 nitrogen and oxygen atoms in total. The molecule has 0 unspecified atom stereocenters. The topological polar surface area (TPSA) is 145 Å². The van der Waals surface area contributed by atoms with E-state index >= 15 is 0 Å². The zero-order valence-electron chi connectivity index (χ0n) is 23.9. The van der Waals surface area contributed by atoms with Gasteiger partial charge in [-0.2, -0.15) is 5.10 Å². The third-order valence-corrected chi connectivity index (χ3v) is 7.70. The molecule has 6 aromatic rings. The molecule has 4 aromatic heterocycles. The van der Waals surface area contributed by atoms with E-state index in [2.05, 4.69) is 32.3 Å². The van der Waals surface area contributed by atoms with Gasteiger partial charge < -0.3 is 16.0 Å². The first-order chi connectivity index (χ1) is 21.2. The highest BCUT2D eigenvalue weighted by Crippen LogP contribution is 2.40. The fourth-order valence-electron chi connectivity index (χ4n) is 5.73. The molecule has 0 aliphatic carbocycles. The average Bonchev–Trinajstić information content (AvgIpc) is 3.67. The van der Waals surface area contributed by atoms with Crippen LogP contribution in [-0.2, 0) is 7.05 Å². The van der Waals surface area contributed by atoms with Crippen LogP contribution in [0.1, 0.15) is 50.5 Å². The van der Waals surface area contributed by atoms with Gasteiger partial charge >= 0.3 is 0 Å². The molecule has 1 atom stereocenters. The molecule has 1 aliphatic rings. The summed E-state index contributed by atoms with van der Waals surface area (Å²) in [6, 6.07) is 13.4. The second kappa shape index (κ2) is 9.95. The number of pyridine rings is 1. The maximum absolute atomic E-state index is 14.6. The van der Waals surface area contributed by atoms with Crippen molar-refractivity contribution in [2.24, 2.45) is 7.05 Å². The van der Waals surface area contributed by atoms with E-state index in [9.17, 15) is 14.4 Å². The van der Waals surface area contributed by atoms with Crippen molar-refractivity contribution in [2.45, 2.75) is 13.0 Å². The SMILES string of the molecule is C[C@H](NC(=O)c1c(N)nn2cccnc12)c1c2c3c(ccc(C#Cc4cnn(C)c4)c3c(=O)n1-c1ccccc1)N(C)C2=O. The van der Waals surface area contributed by atoms with Gasteiger partial charge in [0.15, 0.2) is 11.5 Å². The Morgan fingerprint density at radius 2 is 1.82 bits per heavy atom. The van der Waals surface area contributed by atoms with Crippen molar-refractivity contribution in [2.75, 3.05) is 17.7 Å². The van der Waals surface area contributed by atoms with Gasteiger partial charge in [0.2, 0.25) is 0 Å². The van der Waals surface area contributed by atoms with E-state index in [4.69, 9.17) is 5.73 Å². The van der Waals surface area contributed by atoms with Crippen molar-refractivity contribution in [1.29, 1.82) is 0 Å². The van der Waals surface area contributed by atoms with Gasteiger partial charge in [0.05, 0.1) is 40.1 Å². The molecule has 0 radical (unpaired) electrons. The smallest absolute Gasteiger partial charge is 0.264 e. The number of nitrogens with zero attached hydrogens (tertiary/aromatic N) is 7. The van der Waals surface area contributed by atoms with Crippen molar-refractivity contribution in [3.05, 3.63) is 112 Å². The lowest BCUT2D eigenvalue weighted by molar-refractivity contribution is 0.0935. The number of nitrogens with one attached hydrogen (secondary N) is 1. The average molecular weight is 584 g/mol. The van der Waals surface area contributed by atoms with Crippen molar-refractivity contribution < 1.29 is 9.59 Å². The lowest BCUT2D eigenvalue weighted by Crippen LogP contribution is -2.35. The molecule has 0 saturated carbocycles. The molecular weight excluding hydrogens is 558 g/mol. The van der Waals surface area contributed by atoms with Crippen LogP contribution in [0, 0.1) is 11.8 Å². The van der Waals surface area contributed by atoms with Crippen molar-refractivity contribution in [1.82, 2.24) is 34.3 Å². The van der Waals surface area contributed by atoms with Gasteiger partial charge in [-0.3, -0.25) is 23.6 Å². The van der Waals surface area contributed by atoms with E-state index in [1.54, 1.807) is 93.0 Å². The molecular formula is C32H25N9O3. The maximum atomic E-state index is 14.6. The number of carbonyl (C=O) groups excluding carboxylic acids is 2. The Morgan fingerprint density at radius 1 is 1.02 bits per heavy atom. The zero-order valence-corrected chi connectivity index (χ0v) is 23.9. The van der Waals surface area contributed by atoms with Crippen LogP contribution in [0.5, 0.6) is 0 Å². The van der Waals surface area contributed by atoms with Crippen LogP contribution in [0.25, 0.3) is 22.1 Å². The number of rotatable bonds is 4. The quantitative estimate of drug-likeness (QED) is 0.304. The van der Waals surface area contributed by atoms with Crippen LogP contribution in [0.2, 0.25) is 0 Å². The molecule has 2 aromatic carbocycles. The lowest BCUT2D eigenvalue weighted by atomic mass is 9.97. The molecule has 216 valence electrons. The summed E-state index contributed by atoms with van der Waals surface area (Å²) >= 11 is 0. The van der Waals surface area contributed by atoms with Gasteiger partial charge in [0.1, 0.15) is 5.56 Å². The van der Waals surface area contributed by atoms with Crippen LogP contribution in [0.4, 0.5) is 11.5 Å². The first-order valence-electron chi connectivity index (χ1n) is 13.7. The minimum Gasteiger partial charge on any atom is -0.381 e. The summed E-state index contributed by atoms with van der Waals surface area (Å²) in [6.45, 7) is 1.72. The number of carbonyl (C=O) groups is 2. The van der Waals surface area contributed by atoms with Gasteiger partial charge in [-0.15, -0.1) is 5.10 Å². The summed E-state index contributed by atoms with van der Waals surface area (Å²) in [4.78, 5) is 47.9. The second-order valence-electron chi connectivity index (χ2n) is 10.5. The van der Waals surface area contributed by atoms with E-state index in [-0.39, 0.29) is 28.5 Å². The van der Waals surface area contributed by atoms with Gasteiger partial charge in [-0.25, -0.2) is 9.50 Å². The van der Waals surface area contributed by atoms with E-state index in [0.29, 0.717) is 44.5 Å². The van der Waals surface area contributed by atoms with Crippen LogP contribution in [0.3, 0.4) is 0 Å². The fourth-order valence-corrected chi connectivity index (χ4v) is 5.73. The van der Waals surface area contributed by atoms with Gasteiger partial charge in [-0.05, 0) is 37.3 Å². The highest BCUT2D eigenvalue weighted by Gasteiger charge is 2.36. The molecule has 44 heavy (non-hydrogen) atoms. The number of para-hydroxylation sites is 1. The zero-order chi connectivity index (χ0) is 30.7. The van der Waals surface area contributed by atoms with E-state index in [0.717, 1.165) is 0 Å². The fraction of sp³-hybridized carbons (Fsp3) is 0.125. The number of anilines is 2. The summed E-state index contributed by atoms with van der Waals surface area (Å²) < 4.78 is 4.55. The molecule has 7 rings (SSSR count). The molecule has 0 saturated heterocycles. The number of hydrogen-bond donors (Lipinski definition) is 2. The predicted molar refractivity (Wildman–Crippen MR) is 165 cm³/mol. The summed E-state index contributed by atoms with van der Waals surface area (Å²) in [5.74, 6) is 5.36. The number of aryl methyl sites for hydroxylation is 1. The van der Waals surface area contributed by atoms with E-state index < -0.39 is 11.9 Å². The number of fused-ring (bicyclic) bond motifs is 1. The Morgan fingerprint density at radius 3 is 2.57 bits per heavy atom. The van der Waals surface area contributed by atoms with Crippen molar-refractivity contribution in [3.8, 4) is 17.5 Å². The number of hydrogen-bond acceptors (Lipinski definition) is 7. The summed E-state index contributed by atoms with van der Waals surface area (Å²) in [7, 11) is 3.46. The number of benzene rings is 2. The number of amides is 2. The minimum atomic E-state index is -0.818. The number of aromatic nitrogens is 6. The maximum Gasteiger partial charge on any atom is 0.264 e. The molecule has 0 bridgehead atoms. The third kappa shape index (κ3) is 4.02. The Bertz CT molecular complexity index is 2290. The third-order valence-electron chi connectivity index (χ3n) is 7.70. The minimum absolute atomic E-state index is 0.00632. The van der Waals surface area contributed by atoms with E-state index in [1.807, 2.05) is 6.07 Å². The molecule has 3 N–H and O–H groups in total. The normalized spacial score (nSPS) is 12.9. The Labute approximate surface area is 250 Å². The van der Waals surface area contributed by atoms with Gasteiger partial charge in [0.25, 0.3) is 17.4 Å². The highest BCUT2D eigenvalue weighted by atomic mass is 16.2. The number of nitrogens with two attached hydrogens (primary N) is 1. The standard InChI is InChI=1S/C32H25N9O3/c1-18(36-30(42)26-28(33)37-40-15-7-14-34-29(26)40)27-25-24-22(39(3)31(25)43)13-12-20(11-10-19-16-35-38(2)17-19)23(24)32(44)41(27)21-8-5-4-6-9-21/h4-9,12-18H,1-3H3,(H2,33,37)(H,36,42)/t18-/m0/s1. The molecule has 12 heteroatoms. The molecule has 5 heterocycles. The van der Waals surface area contributed by atoms with Crippen molar-refractivity contribution in [3.63, 3.8) is 0 Å². The Hall–Kier alpha value is -6.22. The highest BCUT2D eigenvalue weighted by molar-refractivity contribution is 6.26. The van der Waals surface area contributed by atoms with Crippen LogP contribution in [0.15, 0.2) is 78.1 Å². The molecule has 1 aliphatic heterocycles. The predicted octanol–water partition coefficient (Wildman–Crippen LogP) is 2.83. The summed E-state index contributed by atoms with van der Waals surface area (Å²) in [6.07, 6.45) is 6.60. The number of nitrogen functional groups attached to an aromatic ring is 1. The van der Waals surface area contributed by atoms with Gasteiger partial charge in [0, 0.05) is 49.3 Å². The lowest BCUT2D eigenvalue weighted by Gasteiger charge is -2.23. The van der Waals surface area contributed by atoms with Gasteiger partial charge in [-0.1, -0.05) is 30.0 Å². The second-order valence-corrected chi connectivity index (χ2v) is 10.5. The summed E-state index contributed by atoms with van der Waals surface area (Å²) in [5.41, 5.74) is 9.04. The van der Waals surface area contributed by atoms with Crippen LogP contribution in [-0.4, -0.2) is 47.8 Å². The monoisotopic (exact) mass is 583 g/mol. The molecule has 2 amide bonds. The summed E-state index contributed by atoms with van der Waals surface area (Å²) in [5, 5.41) is 12.1. The molecule has 0 fully saturated rings. The van der Waals surface area contributed by atoms with E-state index in [1.165, 1.54) is 14.0 Å². The van der Waals surface area contributed by atoms with Crippen LogP contribution >= 0.6 is 0 Å². The first kappa shape index (κ1) is 26.7. The Kier molecular flexibility index (Phi) is 6.03. The Balaban J connectivity index is 1.47. The largest absolute Gasteiger partial charge is 0.381 e. The molecule has 0 spiro atoms. The first-order valence-corrected chi connectivity index (χ1v) is 13.7.